The first-order valence-corrected chi connectivity index (χ1v) is 7.04. The van der Waals surface area contributed by atoms with Crippen molar-refractivity contribution in [2.24, 2.45) is 5.73 Å². The molecule has 0 spiro atoms. The van der Waals surface area contributed by atoms with Crippen LogP contribution in [0.25, 0.3) is 0 Å². The second-order valence-corrected chi connectivity index (χ2v) is 6.35. The number of carbonyl (C=O) groups excluding carboxylic acids is 1. The molecule has 18 heavy (non-hydrogen) atoms. The molecule has 0 saturated carbocycles. The SMILES string of the molecule is CC(C)(N)C(=O)N1CCCC1c1cccc(Br)c1. The van der Waals surface area contributed by atoms with Crippen molar-refractivity contribution in [2.45, 2.75) is 38.3 Å². The van der Waals surface area contributed by atoms with Gasteiger partial charge in [-0.15, -0.1) is 0 Å². The maximum Gasteiger partial charge on any atom is 0.242 e. The van der Waals surface area contributed by atoms with Gasteiger partial charge in [-0.1, -0.05) is 28.1 Å². The minimum absolute atomic E-state index is 0.0324. The van der Waals surface area contributed by atoms with Crippen molar-refractivity contribution in [3.05, 3.63) is 34.3 Å². The zero-order valence-corrected chi connectivity index (χ0v) is 12.4. The number of hydrogen-bond donors (Lipinski definition) is 1. The molecule has 1 aromatic rings. The molecule has 98 valence electrons. The summed E-state index contributed by atoms with van der Waals surface area (Å²) in [5.41, 5.74) is 6.31. The van der Waals surface area contributed by atoms with Gasteiger partial charge in [0.15, 0.2) is 0 Å². The van der Waals surface area contributed by atoms with Crippen molar-refractivity contribution < 1.29 is 4.79 Å². The first-order valence-electron chi connectivity index (χ1n) is 6.25. The summed E-state index contributed by atoms with van der Waals surface area (Å²) in [6, 6.07) is 8.33. The van der Waals surface area contributed by atoms with E-state index in [0.29, 0.717) is 0 Å². The third-order valence-electron chi connectivity index (χ3n) is 3.30. The Bertz CT molecular complexity index is 453. The van der Waals surface area contributed by atoms with Crippen molar-refractivity contribution >= 4 is 21.8 Å². The molecule has 1 amide bonds. The molecule has 1 aromatic carbocycles. The lowest BCUT2D eigenvalue weighted by atomic mass is 10.0. The van der Waals surface area contributed by atoms with E-state index in [4.69, 9.17) is 5.73 Å². The number of benzene rings is 1. The highest BCUT2D eigenvalue weighted by atomic mass is 79.9. The van der Waals surface area contributed by atoms with Gasteiger partial charge in [0.25, 0.3) is 0 Å². The first kappa shape index (κ1) is 13.6. The van der Waals surface area contributed by atoms with E-state index in [1.807, 2.05) is 17.0 Å². The molecule has 1 saturated heterocycles. The molecule has 0 aromatic heterocycles. The number of nitrogens with zero attached hydrogens (tertiary/aromatic N) is 1. The van der Waals surface area contributed by atoms with Gasteiger partial charge >= 0.3 is 0 Å². The molecule has 0 radical (unpaired) electrons. The van der Waals surface area contributed by atoms with E-state index in [-0.39, 0.29) is 11.9 Å². The van der Waals surface area contributed by atoms with E-state index in [1.54, 1.807) is 13.8 Å². The number of carbonyl (C=O) groups is 1. The molecular weight excluding hydrogens is 292 g/mol. The second-order valence-electron chi connectivity index (χ2n) is 5.43. The predicted molar refractivity (Wildman–Crippen MR) is 76.1 cm³/mol. The van der Waals surface area contributed by atoms with Gasteiger partial charge in [-0.3, -0.25) is 4.79 Å². The van der Waals surface area contributed by atoms with Crippen LogP contribution in [0.15, 0.2) is 28.7 Å². The summed E-state index contributed by atoms with van der Waals surface area (Å²) >= 11 is 3.48. The van der Waals surface area contributed by atoms with Crippen LogP contribution < -0.4 is 5.73 Å². The van der Waals surface area contributed by atoms with Crippen molar-refractivity contribution in [3.63, 3.8) is 0 Å². The van der Waals surface area contributed by atoms with Crippen LogP contribution >= 0.6 is 15.9 Å². The Morgan fingerprint density at radius 1 is 1.50 bits per heavy atom. The lowest BCUT2D eigenvalue weighted by Gasteiger charge is -2.31. The topological polar surface area (TPSA) is 46.3 Å². The third kappa shape index (κ3) is 2.75. The van der Waals surface area contributed by atoms with Gasteiger partial charge in [-0.25, -0.2) is 0 Å². The Morgan fingerprint density at radius 3 is 2.83 bits per heavy atom. The molecule has 2 rings (SSSR count). The molecule has 1 aliphatic rings. The first-order chi connectivity index (χ1) is 8.39. The number of hydrogen-bond acceptors (Lipinski definition) is 2. The van der Waals surface area contributed by atoms with E-state index < -0.39 is 5.54 Å². The van der Waals surface area contributed by atoms with E-state index in [0.717, 1.165) is 23.9 Å². The number of rotatable bonds is 2. The van der Waals surface area contributed by atoms with E-state index in [2.05, 4.69) is 28.1 Å². The Hall–Kier alpha value is -0.870. The summed E-state index contributed by atoms with van der Waals surface area (Å²) in [6.45, 7) is 4.34. The minimum atomic E-state index is -0.797. The Balaban J connectivity index is 2.25. The van der Waals surface area contributed by atoms with Gasteiger partial charge in [0.05, 0.1) is 11.6 Å². The fraction of sp³-hybridized carbons (Fsp3) is 0.500. The number of likely N-dealkylation sites (tertiary alicyclic amines) is 1. The normalized spacial score (nSPS) is 20.2. The van der Waals surface area contributed by atoms with Gasteiger partial charge in [0, 0.05) is 11.0 Å². The Kier molecular flexibility index (Phi) is 3.78. The molecular formula is C14H19BrN2O. The fourth-order valence-electron chi connectivity index (χ4n) is 2.44. The van der Waals surface area contributed by atoms with Gasteiger partial charge in [0.1, 0.15) is 0 Å². The minimum Gasteiger partial charge on any atom is -0.334 e. The van der Waals surface area contributed by atoms with E-state index in [1.165, 1.54) is 5.56 Å². The fourth-order valence-corrected chi connectivity index (χ4v) is 2.86. The molecule has 1 atom stereocenters. The second kappa shape index (κ2) is 5.02. The van der Waals surface area contributed by atoms with Crippen LogP contribution in [0.3, 0.4) is 0 Å². The lowest BCUT2D eigenvalue weighted by Crippen LogP contribution is -2.50. The smallest absolute Gasteiger partial charge is 0.242 e. The zero-order valence-electron chi connectivity index (χ0n) is 10.8. The van der Waals surface area contributed by atoms with Crippen LogP contribution in [0.2, 0.25) is 0 Å². The summed E-state index contributed by atoms with van der Waals surface area (Å²) < 4.78 is 1.05. The van der Waals surface area contributed by atoms with Crippen molar-refractivity contribution in [3.8, 4) is 0 Å². The van der Waals surface area contributed by atoms with E-state index in [9.17, 15) is 4.79 Å². The highest BCUT2D eigenvalue weighted by Crippen LogP contribution is 2.34. The summed E-state index contributed by atoms with van der Waals surface area (Å²) in [4.78, 5) is 14.2. The number of halogens is 1. The van der Waals surface area contributed by atoms with Crippen molar-refractivity contribution in [1.82, 2.24) is 4.90 Å². The summed E-state index contributed by atoms with van der Waals surface area (Å²) in [5, 5.41) is 0. The van der Waals surface area contributed by atoms with Crippen LogP contribution in [-0.2, 0) is 4.79 Å². The number of nitrogens with two attached hydrogens (primary N) is 1. The van der Waals surface area contributed by atoms with Crippen molar-refractivity contribution in [2.75, 3.05) is 6.54 Å². The third-order valence-corrected chi connectivity index (χ3v) is 3.79. The monoisotopic (exact) mass is 310 g/mol. The van der Waals surface area contributed by atoms with Gasteiger partial charge in [-0.2, -0.15) is 0 Å². The lowest BCUT2D eigenvalue weighted by molar-refractivity contribution is -0.136. The molecule has 1 heterocycles. The molecule has 3 nitrogen and oxygen atoms in total. The predicted octanol–water partition coefficient (Wildman–Crippen LogP) is 2.85. The maximum absolute atomic E-state index is 12.3. The molecule has 4 heteroatoms. The van der Waals surface area contributed by atoms with Crippen LogP contribution in [0, 0.1) is 0 Å². The average Bonchev–Trinajstić information content (AvgIpc) is 2.75. The Morgan fingerprint density at radius 2 is 2.22 bits per heavy atom. The molecule has 2 N–H and O–H groups in total. The molecule has 1 aliphatic heterocycles. The maximum atomic E-state index is 12.3. The van der Waals surface area contributed by atoms with Crippen molar-refractivity contribution in [1.29, 1.82) is 0 Å². The highest BCUT2D eigenvalue weighted by molar-refractivity contribution is 9.10. The standard InChI is InChI=1S/C14H19BrN2O/c1-14(2,16)13(18)17-8-4-7-12(17)10-5-3-6-11(15)9-10/h3,5-6,9,12H,4,7-8,16H2,1-2H3. The van der Waals surface area contributed by atoms with Gasteiger partial charge in [-0.05, 0) is 44.4 Å². The molecule has 1 unspecified atom stereocenters. The summed E-state index contributed by atoms with van der Waals surface area (Å²) in [7, 11) is 0. The van der Waals surface area contributed by atoms with E-state index >= 15 is 0 Å². The van der Waals surface area contributed by atoms with Crippen LogP contribution in [0.4, 0.5) is 0 Å². The molecule has 1 fully saturated rings. The highest BCUT2D eigenvalue weighted by Gasteiger charge is 2.35. The van der Waals surface area contributed by atoms with Crippen LogP contribution in [0.1, 0.15) is 38.3 Å². The molecule has 0 bridgehead atoms. The molecule has 0 aliphatic carbocycles. The quantitative estimate of drug-likeness (QED) is 0.913. The van der Waals surface area contributed by atoms with Gasteiger partial charge in [0.2, 0.25) is 5.91 Å². The Labute approximate surface area is 116 Å². The summed E-state index contributed by atoms with van der Waals surface area (Å²) in [6.07, 6.45) is 2.05. The zero-order chi connectivity index (χ0) is 13.3. The average molecular weight is 311 g/mol. The number of amides is 1. The summed E-state index contributed by atoms with van der Waals surface area (Å²) in [5.74, 6) is 0.0324. The van der Waals surface area contributed by atoms with Crippen LogP contribution in [-0.4, -0.2) is 22.9 Å². The van der Waals surface area contributed by atoms with Crippen LogP contribution in [0.5, 0.6) is 0 Å². The van der Waals surface area contributed by atoms with Gasteiger partial charge < -0.3 is 10.6 Å². The largest absolute Gasteiger partial charge is 0.334 e.